The molecule has 0 saturated heterocycles. The summed E-state index contributed by atoms with van der Waals surface area (Å²) in [5.74, 6) is 0. The summed E-state index contributed by atoms with van der Waals surface area (Å²) in [6.07, 6.45) is 1.79. The number of aromatic nitrogens is 1. The number of nitrogens with one attached hydrogen (secondary N) is 1. The number of nitriles is 1. The Morgan fingerprint density at radius 3 is 2.61 bits per heavy atom. The second-order valence-corrected chi connectivity index (χ2v) is 4.37. The van der Waals surface area contributed by atoms with Crippen LogP contribution in [0.25, 0.3) is 0 Å². The second kappa shape index (κ2) is 4.89. The van der Waals surface area contributed by atoms with Gasteiger partial charge in [-0.3, -0.25) is 4.98 Å². The zero-order valence-corrected chi connectivity index (χ0v) is 10.8. The SMILES string of the molecule is Cc1ccc(Nc2c(C)ccnc2C)c(C#N)c1. The van der Waals surface area contributed by atoms with Gasteiger partial charge in [0.25, 0.3) is 0 Å². The monoisotopic (exact) mass is 237 g/mol. The van der Waals surface area contributed by atoms with Crippen LogP contribution in [0.4, 0.5) is 11.4 Å². The van der Waals surface area contributed by atoms with Crippen molar-refractivity contribution in [3.05, 3.63) is 52.8 Å². The molecule has 1 aromatic carbocycles. The minimum absolute atomic E-state index is 0.651. The number of anilines is 2. The van der Waals surface area contributed by atoms with Crippen molar-refractivity contribution < 1.29 is 0 Å². The quantitative estimate of drug-likeness (QED) is 0.867. The van der Waals surface area contributed by atoms with Gasteiger partial charge in [-0.2, -0.15) is 5.26 Å². The van der Waals surface area contributed by atoms with E-state index in [0.29, 0.717) is 5.56 Å². The molecule has 0 fully saturated rings. The normalized spacial score (nSPS) is 9.89. The first kappa shape index (κ1) is 12.1. The van der Waals surface area contributed by atoms with Crippen LogP contribution in [0.2, 0.25) is 0 Å². The molecule has 0 unspecified atom stereocenters. The third-order valence-electron chi connectivity index (χ3n) is 2.90. The molecule has 2 rings (SSSR count). The number of nitrogens with zero attached hydrogens (tertiary/aromatic N) is 2. The van der Waals surface area contributed by atoms with Crippen molar-refractivity contribution in [3.63, 3.8) is 0 Å². The van der Waals surface area contributed by atoms with Crippen molar-refractivity contribution in [2.75, 3.05) is 5.32 Å². The van der Waals surface area contributed by atoms with E-state index in [1.54, 1.807) is 6.20 Å². The van der Waals surface area contributed by atoms with Gasteiger partial charge >= 0.3 is 0 Å². The third-order valence-corrected chi connectivity index (χ3v) is 2.90. The Labute approximate surface area is 107 Å². The van der Waals surface area contributed by atoms with E-state index in [1.807, 2.05) is 45.0 Å². The van der Waals surface area contributed by atoms with Gasteiger partial charge in [0.05, 0.1) is 22.6 Å². The predicted octanol–water partition coefficient (Wildman–Crippen LogP) is 3.62. The van der Waals surface area contributed by atoms with Crippen molar-refractivity contribution in [2.24, 2.45) is 0 Å². The summed E-state index contributed by atoms with van der Waals surface area (Å²) in [6, 6.07) is 9.97. The van der Waals surface area contributed by atoms with Gasteiger partial charge in [-0.15, -0.1) is 0 Å². The molecule has 0 aliphatic carbocycles. The highest BCUT2D eigenvalue weighted by Crippen LogP contribution is 2.25. The van der Waals surface area contributed by atoms with Crippen LogP contribution >= 0.6 is 0 Å². The van der Waals surface area contributed by atoms with Gasteiger partial charge in [0.2, 0.25) is 0 Å². The molecule has 2 aromatic rings. The van der Waals surface area contributed by atoms with Crippen molar-refractivity contribution in [1.82, 2.24) is 4.98 Å². The molecule has 0 atom stereocenters. The summed E-state index contributed by atoms with van der Waals surface area (Å²) in [5.41, 5.74) is 5.57. The van der Waals surface area contributed by atoms with Crippen LogP contribution in [0.15, 0.2) is 30.5 Å². The summed E-state index contributed by atoms with van der Waals surface area (Å²) in [7, 11) is 0. The zero-order valence-electron chi connectivity index (χ0n) is 10.8. The molecule has 90 valence electrons. The van der Waals surface area contributed by atoms with Gasteiger partial charge in [-0.1, -0.05) is 6.07 Å². The highest BCUT2D eigenvalue weighted by atomic mass is 14.9. The molecule has 0 bridgehead atoms. The van der Waals surface area contributed by atoms with E-state index in [2.05, 4.69) is 16.4 Å². The van der Waals surface area contributed by atoms with Gasteiger partial charge in [-0.25, -0.2) is 0 Å². The Hall–Kier alpha value is -2.34. The summed E-state index contributed by atoms with van der Waals surface area (Å²) >= 11 is 0. The number of hydrogen-bond donors (Lipinski definition) is 1. The Morgan fingerprint density at radius 2 is 1.94 bits per heavy atom. The van der Waals surface area contributed by atoms with Gasteiger partial charge in [-0.05, 0) is 50.1 Å². The lowest BCUT2D eigenvalue weighted by atomic mass is 10.1. The first-order valence-electron chi connectivity index (χ1n) is 5.82. The summed E-state index contributed by atoms with van der Waals surface area (Å²) in [6.45, 7) is 5.96. The molecular weight excluding hydrogens is 222 g/mol. The first-order chi connectivity index (χ1) is 8.61. The van der Waals surface area contributed by atoms with Crippen LogP contribution in [0.3, 0.4) is 0 Å². The topological polar surface area (TPSA) is 48.7 Å². The molecule has 3 heteroatoms. The molecule has 0 radical (unpaired) electrons. The van der Waals surface area contributed by atoms with E-state index >= 15 is 0 Å². The number of pyridine rings is 1. The Balaban J connectivity index is 2.44. The maximum Gasteiger partial charge on any atom is 0.101 e. The molecule has 0 aliphatic rings. The van der Waals surface area contributed by atoms with Crippen LogP contribution in [0.1, 0.15) is 22.4 Å². The number of aryl methyl sites for hydroxylation is 3. The molecule has 1 aromatic heterocycles. The van der Waals surface area contributed by atoms with E-state index in [9.17, 15) is 0 Å². The highest BCUT2D eigenvalue weighted by Gasteiger charge is 2.07. The number of hydrogen-bond acceptors (Lipinski definition) is 3. The molecule has 0 spiro atoms. The molecule has 18 heavy (non-hydrogen) atoms. The lowest BCUT2D eigenvalue weighted by Gasteiger charge is -2.13. The standard InChI is InChI=1S/C15H15N3/c1-10-4-5-14(13(8-10)9-16)18-15-11(2)6-7-17-12(15)3/h4-8,18H,1-3H3. The number of benzene rings is 1. The van der Waals surface area contributed by atoms with Gasteiger partial charge < -0.3 is 5.32 Å². The van der Waals surface area contributed by atoms with Gasteiger partial charge in [0, 0.05) is 6.20 Å². The van der Waals surface area contributed by atoms with E-state index in [4.69, 9.17) is 5.26 Å². The molecular formula is C15H15N3. The maximum atomic E-state index is 9.15. The van der Waals surface area contributed by atoms with Gasteiger partial charge in [0.15, 0.2) is 0 Å². The minimum Gasteiger partial charge on any atom is -0.353 e. The highest BCUT2D eigenvalue weighted by molar-refractivity contribution is 5.70. The summed E-state index contributed by atoms with van der Waals surface area (Å²) < 4.78 is 0. The molecule has 0 aliphatic heterocycles. The average molecular weight is 237 g/mol. The predicted molar refractivity (Wildman–Crippen MR) is 72.9 cm³/mol. The van der Waals surface area contributed by atoms with Crippen molar-refractivity contribution in [1.29, 1.82) is 5.26 Å². The maximum absolute atomic E-state index is 9.15. The first-order valence-corrected chi connectivity index (χ1v) is 5.82. The van der Waals surface area contributed by atoms with Crippen LogP contribution in [0.5, 0.6) is 0 Å². The molecule has 0 saturated carbocycles. The van der Waals surface area contributed by atoms with E-state index < -0.39 is 0 Å². The molecule has 1 heterocycles. The Morgan fingerprint density at radius 1 is 1.17 bits per heavy atom. The largest absolute Gasteiger partial charge is 0.353 e. The van der Waals surface area contributed by atoms with Crippen molar-refractivity contribution in [2.45, 2.75) is 20.8 Å². The fourth-order valence-electron chi connectivity index (χ4n) is 1.88. The fraction of sp³-hybridized carbons (Fsp3) is 0.200. The third kappa shape index (κ3) is 2.33. The van der Waals surface area contributed by atoms with Crippen LogP contribution < -0.4 is 5.32 Å². The van der Waals surface area contributed by atoms with E-state index in [0.717, 1.165) is 28.2 Å². The Kier molecular flexibility index (Phi) is 3.29. The van der Waals surface area contributed by atoms with E-state index in [-0.39, 0.29) is 0 Å². The summed E-state index contributed by atoms with van der Waals surface area (Å²) in [5, 5.41) is 12.5. The fourth-order valence-corrected chi connectivity index (χ4v) is 1.88. The lowest BCUT2D eigenvalue weighted by molar-refractivity contribution is 1.17. The van der Waals surface area contributed by atoms with Crippen LogP contribution in [0, 0.1) is 32.1 Å². The van der Waals surface area contributed by atoms with Crippen LogP contribution in [-0.4, -0.2) is 4.98 Å². The molecule has 1 N–H and O–H groups in total. The van der Waals surface area contributed by atoms with Crippen LogP contribution in [-0.2, 0) is 0 Å². The zero-order chi connectivity index (χ0) is 13.1. The number of rotatable bonds is 2. The van der Waals surface area contributed by atoms with E-state index in [1.165, 1.54) is 0 Å². The minimum atomic E-state index is 0.651. The lowest BCUT2D eigenvalue weighted by Crippen LogP contribution is -1.99. The average Bonchev–Trinajstić information content (AvgIpc) is 2.35. The smallest absolute Gasteiger partial charge is 0.101 e. The second-order valence-electron chi connectivity index (χ2n) is 4.37. The van der Waals surface area contributed by atoms with Gasteiger partial charge in [0.1, 0.15) is 6.07 Å². The van der Waals surface area contributed by atoms with Crippen molar-refractivity contribution >= 4 is 11.4 Å². The molecule has 3 nitrogen and oxygen atoms in total. The summed E-state index contributed by atoms with van der Waals surface area (Å²) in [4.78, 5) is 4.26. The molecule has 0 amide bonds. The van der Waals surface area contributed by atoms with Crippen molar-refractivity contribution in [3.8, 4) is 6.07 Å². The Bertz CT molecular complexity index is 604.